The van der Waals surface area contributed by atoms with Gasteiger partial charge in [0.2, 0.25) is 5.13 Å². The number of amides is 1. The molecule has 1 saturated heterocycles. The number of ether oxygens (including phenoxy) is 2. The van der Waals surface area contributed by atoms with Crippen molar-refractivity contribution in [2.45, 2.75) is 36.6 Å². The number of ketones is 1. The van der Waals surface area contributed by atoms with Crippen molar-refractivity contribution in [1.82, 2.24) is 10.2 Å². The monoisotopic (exact) mass is 683 g/mol. The molecular weight excluding hydrogens is 654 g/mol. The number of anilines is 1. The van der Waals surface area contributed by atoms with Crippen LogP contribution in [0.5, 0.6) is 11.5 Å². The first-order valence-electron chi connectivity index (χ1n) is 14.8. The highest BCUT2D eigenvalue weighted by Gasteiger charge is 2.48. The molecule has 0 spiro atoms. The van der Waals surface area contributed by atoms with Crippen molar-refractivity contribution in [1.29, 1.82) is 0 Å². The predicted molar refractivity (Wildman–Crippen MR) is 185 cm³/mol. The zero-order chi connectivity index (χ0) is 32.9. The predicted octanol–water partition coefficient (Wildman–Crippen LogP) is 8.40. The third kappa shape index (κ3) is 7.20. The first-order valence-corrected chi connectivity index (χ1v) is 17.0. The minimum Gasteiger partial charge on any atom is -0.507 e. The quantitative estimate of drug-likeness (QED) is 0.0487. The van der Waals surface area contributed by atoms with Gasteiger partial charge in [0.05, 0.1) is 18.2 Å². The van der Waals surface area contributed by atoms with Gasteiger partial charge in [0.15, 0.2) is 4.34 Å². The topological polar surface area (TPSA) is 102 Å². The molecule has 0 radical (unpaired) electrons. The highest BCUT2D eigenvalue weighted by atomic mass is 35.5. The van der Waals surface area contributed by atoms with Crippen molar-refractivity contribution >= 4 is 57.3 Å². The molecule has 1 aliphatic rings. The zero-order valence-corrected chi connectivity index (χ0v) is 27.9. The van der Waals surface area contributed by atoms with Crippen LogP contribution in [0.2, 0.25) is 5.02 Å². The number of nitrogens with zero attached hydrogens (tertiary/aromatic N) is 3. The third-order valence-electron chi connectivity index (χ3n) is 7.48. The van der Waals surface area contributed by atoms with E-state index in [1.54, 1.807) is 48.5 Å². The van der Waals surface area contributed by atoms with Crippen LogP contribution in [0.15, 0.2) is 107 Å². The standard InChI is InChI=1S/C36H30ClN3O5S2/c1-3-44-27-15-11-24(12-16-27)31-30(32(41)25-13-17-28(18-14-25)45-20-23-8-6-7-22(2)19-23)33(42)34(43)40(31)35-38-39-36(47-35)46-21-26-9-4-5-10-29(26)37/h4-19,31,41H,3,20-21H2,1-2H3. The molecule has 238 valence electrons. The molecule has 5 aromatic rings. The minimum atomic E-state index is -0.947. The molecule has 0 aliphatic carbocycles. The number of aromatic nitrogens is 2. The maximum atomic E-state index is 13.6. The van der Waals surface area contributed by atoms with E-state index in [9.17, 15) is 14.7 Å². The number of aryl methyl sites for hydroxylation is 1. The Morgan fingerprint density at radius 2 is 1.66 bits per heavy atom. The van der Waals surface area contributed by atoms with Crippen molar-refractivity contribution in [3.8, 4) is 11.5 Å². The summed E-state index contributed by atoms with van der Waals surface area (Å²) in [6, 6.07) is 28.5. The molecule has 11 heteroatoms. The van der Waals surface area contributed by atoms with E-state index in [1.165, 1.54) is 28.0 Å². The van der Waals surface area contributed by atoms with E-state index < -0.39 is 17.7 Å². The van der Waals surface area contributed by atoms with Crippen molar-refractivity contribution in [2.24, 2.45) is 0 Å². The summed E-state index contributed by atoms with van der Waals surface area (Å²) in [5.41, 5.74) is 4.05. The van der Waals surface area contributed by atoms with Crippen LogP contribution in [-0.4, -0.2) is 33.6 Å². The fourth-order valence-corrected chi connectivity index (χ4v) is 7.36. The van der Waals surface area contributed by atoms with Crippen LogP contribution < -0.4 is 14.4 Å². The third-order valence-corrected chi connectivity index (χ3v) is 9.95. The number of thioether (sulfide) groups is 1. The number of halogens is 1. The van der Waals surface area contributed by atoms with E-state index in [4.69, 9.17) is 21.1 Å². The van der Waals surface area contributed by atoms with Gasteiger partial charge in [-0.2, -0.15) is 0 Å². The lowest BCUT2D eigenvalue weighted by atomic mass is 9.95. The molecule has 1 atom stereocenters. The average Bonchev–Trinajstić information content (AvgIpc) is 3.65. The molecule has 1 N–H and O–H groups in total. The summed E-state index contributed by atoms with van der Waals surface area (Å²) in [4.78, 5) is 28.6. The lowest BCUT2D eigenvalue weighted by Gasteiger charge is -2.22. The molecule has 1 fully saturated rings. The number of carbonyl (C=O) groups is 2. The van der Waals surface area contributed by atoms with Gasteiger partial charge in [-0.25, -0.2) is 0 Å². The number of carbonyl (C=O) groups excluding carboxylic acids is 2. The van der Waals surface area contributed by atoms with Gasteiger partial charge in [0.25, 0.3) is 5.78 Å². The zero-order valence-electron chi connectivity index (χ0n) is 25.6. The Balaban J connectivity index is 1.31. The van der Waals surface area contributed by atoms with E-state index in [-0.39, 0.29) is 16.5 Å². The SMILES string of the molecule is CCOc1ccc(C2C(=C(O)c3ccc(OCc4cccc(C)c4)cc3)C(=O)C(=O)N2c2nnc(SCc3ccccc3Cl)s2)cc1. The molecule has 0 bridgehead atoms. The average molecular weight is 684 g/mol. The molecule has 8 nitrogen and oxygen atoms in total. The molecule has 0 saturated carbocycles. The van der Waals surface area contributed by atoms with Gasteiger partial charge in [-0.1, -0.05) is 94.9 Å². The van der Waals surface area contributed by atoms with Crippen molar-refractivity contribution in [2.75, 3.05) is 11.5 Å². The number of aliphatic hydroxyl groups excluding tert-OH is 1. The number of Topliss-reactive ketones (excluding diaryl/α,β-unsaturated/α-hetero) is 1. The molecular formula is C36H30ClN3O5S2. The number of hydrogen-bond acceptors (Lipinski definition) is 9. The van der Waals surface area contributed by atoms with Crippen LogP contribution in [0.4, 0.5) is 5.13 Å². The molecule has 6 rings (SSSR count). The summed E-state index contributed by atoms with van der Waals surface area (Å²) in [7, 11) is 0. The molecule has 1 aromatic heterocycles. The second-order valence-electron chi connectivity index (χ2n) is 10.7. The van der Waals surface area contributed by atoms with Crippen LogP contribution in [0.3, 0.4) is 0 Å². The van der Waals surface area contributed by atoms with E-state index in [1.807, 2.05) is 56.3 Å². The van der Waals surface area contributed by atoms with Gasteiger partial charge in [0, 0.05) is 16.3 Å². The maximum Gasteiger partial charge on any atom is 0.301 e. The van der Waals surface area contributed by atoms with Crippen LogP contribution in [-0.2, 0) is 21.9 Å². The Hall–Kier alpha value is -4.64. The summed E-state index contributed by atoms with van der Waals surface area (Å²) in [5.74, 6) is -0.122. The lowest BCUT2D eigenvalue weighted by Crippen LogP contribution is -2.29. The van der Waals surface area contributed by atoms with Gasteiger partial charge in [-0.15, -0.1) is 10.2 Å². The van der Waals surface area contributed by atoms with Crippen LogP contribution in [0.1, 0.15) is 40.8 Å². The fourth-order valence-electron chi connectivity index (χ4n) is 5.20. The smallest absolute Gasteiger partial charge is 0.301 e. The molecule has 1 aliphatic heterocycles. The van der Waals surface area contributed by atoms with E-state index in [2.05, 4.69) is 16.3 Å². The highest BCUT2D eigenvalue weighted by Crippen LogP contribution is 2.44. The Morgan fingerprint density at radius 3 is 2.38 bits per heavy atom. The normalized spacial score (nSPS) is 15.6. The number of rotatable bonds is 11. The molecule has 4 aromatic carbocycles. The number of hydrogen-bond donors (Lipinski definition) is 1. The van der Waals surface area contributed by atoms with Crippen molar-refractivity contribution < 1.29 is 24.2 Å². The van der Waals surface area contributed by atoms with E-state index in [0.29, 0.717) is 51.0 Å². The Kier molecular flexibility index (Phi) is 9.91. The summed E-state index contributed by atoms with van der Waals surface area (Å²) in [6.45, 7) is 4.79. The second kappa shape index (κ2) is 14.4. The summed E-state index contributed by atoms with van der Waals surface area (Å²) in [5, 5.41) is 21.0. The van der Waals surface area contributed by atoms with E-state index in [0.717, 1.165) is 16.7 Å². The summed E-state index contributed by atoms with van der Waals surface area (Å²) in [6.07, 6.45) is 0. The Labute approximate surface area is 285 Å². The first-order chi connectivity index (χ1) is 22.8. The second-order valence-corrected chi connectivity index (χ2v) is 13.3. The van der Waals surface area contributed by atoms with Crippen molar-refractivity contribution in [3.05, 3.63) is 135 Å². The molecule has 1 unspecified atom stereocenters. The number of aliphatic hydroxyl groups is 1. The van der Waals surface area contributed by atoms with Crippen molar-refractivity contribution in [3.63, 3.8) is 0 Å². The van der Waals surface area contributed by atoms with Gasteiger partial charge in [-0.05, 0) is 73.0 Å². The van der Waals surface area contributed by atoms with Gasteiger partial charge in [0.1, 0.15) is 23.9 Å². The first kappa shape index (κ1) is 32.3. The summed E-state index contributed by atoms with van der Waals surface area (Å²) < 4.78 is 12.1. The fraction of sp³-hybridized carbons (Fsp3) is 0.167. The molecule has 2 heterocycles. The van der Waals surface area contributed by atoms with Gasteiger partial charge >= 0.3 is 5.91 Å². The highest BCUT2D eigenvalue weighted by molar-refractivity contribution is 8.00. The number of benzene rings is 4. The molecule has 47 heavy (non-hydrogen) atoms. The minimum absolute atomic E-state index is 0.0481. The summed E-state index contributed by atoms with van der Waals surface area (Å²) >= 11 is 8.94. The maximum absolute atomic E-state index is 13.6. The Morgan fingerprint density at radius 1 is 0.936 bits per heavy atom. The largest absolute Gasteiger partial charge is 0.507 e. The van der Waals surface area contributed by atoms with Crippen LogP contribution >= 0.6 is 34.7 Å². The lowest BCUT2D eigenvalue weighted by molar-refractivity contribution is -0.132. The van der Waals surface area contributed by atoms with E-state index >= 15 is 0 Å². The Bertz CT molecular complexity index is 1940. The van der Waals surface area contributed by atoms with Crippen LogP contribution in [0, 0.1) is 6.92 Å². The molecule has 1 amide bonds. The van der Waals surface area contributed by atoms with Gasteiger partial charge < -0.3 is 14.6 Å². The van der Waals surface area contributed by atoms with Gasteiger partial charge in [-0.3, -0.25) is 14.5 Å². The van der Waals surface area contributed by atoms with Crippen LogP contribution in [0.25, 0.3) is 5.76 Å².